The van der Waals surface area contributed by atoms with Gasteiger partial charge in [0.1, 0.15) is 10.8 Å². The van der Waals surface area contributed by atoms with Crippen LogP contribution in [-0.4, -0.2) is 17.0 Å². The number of carbonyl (C=O) groups excluding carboxylic acids is 1. The number of carboxylic acids is 1. The summed E-state index contributed by atoms with van der Waals surface area (Å²) in [5.74, 6) is -1.77. The number of rotatable bonds is 4. The van der Waals surface area contributed by atoms with Crippen LogP contribution in [0.3, 0.4) is 0 Å². The monoisotopic (exact) mass is 293 g/mol. The predicted molar refractivity (Wildman–Crippen MR) is 74.7 cm³/mol. The van der Waals surface area contributed by atoms with Crippen molar-refractivity contribution in [2.45, 2.75) is 13.3 Å². The van der Waals surface area contributed by atoms with Gasteiger partial charge in [0.15, 0.2) is 0 Å². The van der Waals surface area contributed by atoms with E-state index in [-0.39, 0.29) is 23.7 Å². The normalized spacial score (nSPS) is 10.3. The summed E-state index contributed by atoms with van der Waals surface area (Å²) in [7, 11) is 0. The quantitative estimate of drug-likeness (QED) is 0.910. The van der Waals surface area contributed by atoms with E-state index in [9.17, 15) is 14.0 Å². The number of benzene rings is 1. The molecule has 0 bridgehead atoms. The standard InChI is InChI=1S/C14H12FNO3S/c1-8-6-11(14(18)19)13(20-8)16-12(17)7-9-2-4-10(15)5-3-9/h2-6H,7H2,1H3,(H,16,17)(H,18,19). The van der Waals surface area contributed by atoms with Crippen molar-refractivity contribution < 1.29 is 19.1 Å². The lowest BCUT2D eigenvalue weighted by molar-refractivity contribution is -0.115. The highest BCUT2D eigenvalue weighted by atomic mass is 32.1. The molecule has 4 nitrogen and oxygen atoms in total. The van der Waals surface area contributed by atoms with Crippen molar-refractivity contribution in [3.8, 4) is 0 Å². The molecule has 0 unspecified atom stereocenters. The number of amides is 1. The number of thiophene rings is 1. The minimum atomic E-state index is -1.08. The Balaban J connectivity index is 2.08. The maximum Gasteiger partial charge on any atom is 0.338 e. The van der Waals surface area contributed by atoms with E-state index in [0.717, 1.165) is 4.88 Å². The lowest BCUT2D eigenvalue weighted by Crippen LogP contribution is -2.15. The summed E-state index contributed by atoms with van der Waals surface area (Å²) in [6.07, 6.45) is 0.0658. The minimum absolute atomic E-state index is 0.0658. The molecule has 20 heavy (non-hydrogen) atoms. The van der Waals surface area contributed by atoms with E-state index in [1.807, 2.05) is 0 Å². The largest absolute Gasteiger partial charge is 0.478 e. The summed E-state index contributed by atoms with van der Waals surface area (Å²) in [4.78, 5) is 23.7. The average molecular weight is 293 g/mol. The van der Waals surface area contributed by atoms with Gasteiger partial charge in [-0.3, -0.25) is 4.79 Å². The van der Waals surface area contributed by atoms with Crippen molar-refractivity contribution in [3.63, 3.8) is 0 Å². The molecular formula is C14H12FNO3S. The fourth-order valence-corrected chi connectivity index (χ4v) is 2.64. The molecule has 1 amide bonds. The van der Waals surface area contributed by atoms with Gasteiger partial charge in [-0.1, -0.05) is 12.1 Å². The Morgan fingerprint density at radius 3 is 2.55 bits per heavy atom. The summed E-state index contributed by atoms with van der Waals surface area (Å²) in [5.41, 5.74) is 0.744. The van der Waals surface area contributed by atoms with Gasteiger partial charge in [0.05, 0.1) is 12.0 Å². The van der Waals surface area contributed by atoms with Crippen LogP contribution in [0.1, 0.15) is 20.8 Å². The summed E-state index contributed by atoms with van der Waals surface area (Å²) in [6, 6.07) is 7.11. The first-order valence-corrected chi connectivity index (χ1v) is 6.65. The van der Waals surface area contributed by atoms with Crippen LogP contribution >= 0.6 is 11.3 Å². The Hall–Kier alpha value is -2.21. The Bertz CT molecular complexity index is 649. The van der Waals surface area contributed by atoms with Crippen molar-refractivity contribution >= 4 is 28.2 Å². The molecule has 1 heterocycles. The first-order valence-electron chi connectivity index (χ1n) is 5.83. The van der Waals surface area contributed by atoms with Crippen LogP contribution in [0.5, 0.6) is 0 Å². The molecule has 0 saturated heterocycles. The topological polar surface area (TPSA) is 66.4 Å². The lowest BCUT2D eigenvalue weighted by Gasteiger charge is -2.04. The van der Waals surface area contributed by atoms with Crippen LogP contribution in [0.2, 0.25) is 0 Å². The second-order valence-corrected chi connectivity index (χ2v) is 5.51. The zero-order valence-corrected chi connectivity index (χ0v) is 11.5. The number of halogens is 1. The van der Waals surface area contributed by atoms with Crippen molar-refractivity contribution in [1.29, 1.82) is 0 Å². The summed E-state index contributed by atoms with van der Waals surface area (Å²) < 4.78 is 12.8. The van der Waals surface area contributed by atoms with Crippen molar-refractivity contribution in [2.24, 2.45) is 0 Å². The first kappa shape index (κ1) is 14.2. The molecule has 1 aromatic carbocycles. The first-order chi connectivity index (χ1) is 9.45. The fourth-order valence-electron chi connectivity index (χ4n) is 1.72. The number of carboxylic acid groups (broad SMARTS) is 1. The second kappa shape index (κ2) is 5.83. The van der Waals surface area contributed by atoms with E-state index in [1.165, 1.54) is 41.7 Å². The van der Waals surface area contributed by atoms with E-state index in [4.69, 9.17) is 5.11 Å². The molecule has 0 atom stereocenters. The molecule has 0 aliphatic heterocycles. The fraction of sp³-hybridized carbons (Fsp3) is 0.143. The molecule has 0 aliphatic carbocycles. The summed E-state index contributed by atoms with van der Waals surface area (Å²) in [6.45, 7) is 1.77. The molecule has 0 radical (unpaired) electrons. The van der Waals surface area contributed by atoms with Crippen LogP contribution in [0, 0.1) is 12.7 Å². The SMILES string of the molecule is Cc1cc(C(=O)O)c(NC(=O)Cc2ccc(F)cc2)s1. The van der Waals surface area contributed by atoms with Crippen LogP contribution < -0.4 is 5.32 Å². The van der Waals surface area contributed by atoms with Gasteiger partial charge in [0, 0.05) is 4.88 Å². The average Bonchev–Trinajstić information content (AvgIpc) is 2.73. The second-order valence-electron chi connectivity index (χ2n) is 4.26. The number of hydrogen-bond donors (Lipinski definition) is 2. The van der Waals surface area contributed by atoms with Gasteiger partial charge in [0.25, 0.3) is 0 Å². The summed E-state index contributed by atoms with van der Waals surface area (Å²) in [5, 5.41) is 11.9. The number of hydrogen-bond acceptors (Lipinski definition) is 3. The smallest absolute Gasteiger partial charge is 0.338 e. The highest BCUT2D eigenvalue weighted by Crippen LogP contribution is 2.27. The lowest BCUT2D eigenvalue weighted by atomic mass is 10.1. The molecular weight excluding hydrogens is 281 g/mol. The minimum Gasteiger partial charge on any atom is -0.478 e. The molecule has 0 aliphatic rings. The van der Waals surface area contributed by atoms with Crippen LogP contribution in [0.25, 0.3) is 0 Å². The molecule has 6 heteroatoms. The Morgan fingerprint density at radius 1 is 1.30 bits per heavy atom. The van der Waals surface area contributed by atoms with Crippen LogP contribution in [0.4, 0.5) is 9.39 Å². The third-order valence-electron chi connectivity index (χ3n) is 2.62. The number of aryl methyl sites for hydroxylation is 1. The third kappa shape index (κ3) is 3.42. The highest BCUT2D eigenvalue weighted by Gasteiger charge is 2.16. The number of nitrogens with one attached hydrogen (secondary N) is 1. The maximum absolute atomic E-state index is 12.8. The molecule has 1 aromatic heterocycles. The van der Waals surface area contributed by atoms with Gasteiger partial charge < -0.3 is 10.4 Å². The van der Waals surface area contributed by atoms with Gasteiger partial charge >= 0.3 is 5.97 Å². The molecule has 2 aromatic rings. The molecule has 0 fully saturated rings. The number of carbonyl (C=O) groups is 2. The van der Waals surface area contributed by atoms with E-state index in [0.29, 0.717) is 10.6 Å². The molecule has 104 valence electrons. The van der Waals surface area contributed by atoms with Crippen molar-refractivity contribution in [2.75, 3.05) is 5.32 Å². The van der Waals surface area contributed by atoms with Gasteiger partial charge in [-0.25, -0.2) is 9.18 Å². The molecule has 0 spiro atoms. The van der Waals surface area contributed by atoms with E-state index in [1.54, 1.807) is 6.92 Å². The van der Waals surface area contributed by atoms with E-state index >= 15 is 0 Å². The van der Waals surface area contributed by atoms with Gasteiger partial charge in [-0.05, 0) is 30.7 Å². The molecule has 2 N–H and O–H groups in total. The maximum atomic E-state index is 12.8. The summed E-state index contributed by atoms with van der Waals surface area (Å²) >= 11 is 1.21. The molecule has 0 saturated carbocycles. The number of aromatic carboxylic acids is 1. The van der Waals surface area contributed by atoms with Crippen LogP contribution in [0.15, 0.2) is 30.3 Å². The number of anilines is 1. The van der Waals surface area contributed by atoms with Gasteiger partial charge in [0.2, 0.25) is 5.91 Å². The zero-order valence-electron chi connectivity index (χ0n) is 10.6. The van der Waals surface area contributed by atoms with Crippen molar-refractivity contribution in [1.82, 2.24) is 0 Å². The van der Waals surface area contributed by atoms with Gasteiger partial charge in [-0.15, -0.1) is 11.3 Å². The van der Waals surface area contributed by atoms with Crippen molar-refractivity contribution in [3.05, 3.63) is 52.2 Å². The van der Waals surface area contributed by atoms with E-state index < -0.39 is 5.97 Å². The third-order valence-corrected chi connectivity index (χ3v) is 3.58. The van der Waals surface area contributed by atoms with Gasteiger partial charge in [-0.2, -0.15) is 0 Å². The zero-order chi connectivity index (χ0) is 14.7. The van der Waals surface area contributed by atoms with E-state index in [2.05, 4.69) is 5.32 Å². The predicted octanol–water partition coefficient (Wildman–Crippen LogP) is 3.08. The van der Waals surface area contributed by atoms with Crippen LogP contribution in [-0.2, 0) is 11.2 Å². The Morgan fingerprint density at radius 2 is 1.95 bits per heavy atom. The highest BCUT2D eigenvalue weighted by molar-refractivity contribution is 7.16. The Labute approximate surface area is 118 Å². The Kier molecular flexibility index (Phi) is 4.14. The molecule has 2 rings (SSSR count).